The summed E-state index contributed by atoms with van der Waals surface area (Å²) in [4.78, 5) is 25.1. The highest BCUT2D eigenvalue weighted by molar-refractivity contribution is 6.30. The summed E-state index contributed by atoms with van der Waals surface area (Å²) in [6.45, 7) is 3.46. The first-order valence-corrected chi connectivity index (χ1v) is 7.45. The molecule has 1 unspecified atom stereocenters. The van der Waals surface area contributed by atoms with Gasteiger partial charge in [-0.2, -0.15) is 13.2 Å². The Hall–Kier alpha value is -1.76. The van der Waals surface area contributed by atoms with Gasteiger partial charge in [0, 0.05) is 24.0 Å². The van der Waals surface area contributed by atoms with E-state index >= 15 is 0 Å². The molecule has 4 nitrogen and oxygen atoms in total. The first-order valence-electron chi connectivity index (χ1n) is 7.07. The molecule has 1 aromatic rings. The SMILES string of the molecule is CC(C)NC(=O)C1CC(=O)N(c2ccc(Cl)cc2C(F)(F)F)C1. The molecule has 1 aromatic carbocycles. The van der Waals surface area contributed by atoms with E-state index in [2.05, 4.69) is 5.32 Å². The lowest BCUT2D eigenvalue weighted by Gasteiger charge is -2.22. The highest BCUT2D eigenvalue weighted by atomic mass is 35.5. The Morgan fingerprint density at radius 3 is 2.61 bits per heavy atom. The molecule has 23 heavy (non-hydrogen) atoms. The number of rotatable bonds is 3. The van der Waals surface area contributed by atoms with Crippen molar-refractivity contribution >= 4 is 29.1 Å². The average Bonchev–Trinajstić information content (AvgIpc) is 2.79. The average molecular weight is 349 g/mol. The number of halogens is 4. The van der Waals surface area contributed by atoms with Gasteiger partial charge in [-0.3, -0.25) is 9.59 Å². The molecule has 1 atom stereocenters. The minimum Gasteiger partial charge on any atom is -0.354 e. The third-order valence-corrected chi connectivity index (χ3v) is 3.72. The van der Waals surface area contributed by atoms with Crippen LogP contribution in [0.25, 0.3) is 0 Å². The van der Waals surface area contributed by atoms with Gasteiger partial charge in [-0.05, 0) is 32.0 Å². The molecule has 1 fully saturated rings. The summed E-state index contributed by atoms with van der Waals surface area (Å²) in [7, 11) is 0. The lowest BCUT2D eigenvalue weighted by Crippen LogP contribution is -2.37. The third-order valence-electron chi connectivity index (χ3n) is 3.48. The van der Waals surface area contributed by atoms with Crippen LogP contribution >= 0.6 is 11.6 Å². The number of benzene rings is 1. The molecule has 2 amide bonds. The fraction of sp³-hybridized carbons (Fsp3) is 0.467. The van der Waals surface area contributed by atoms with E-state index < -0.39 is 23.6 Å². The molecule has 1 saturated heterocycles. The zero-order valence-corrected chi connectivity index (χ0v) is 13.3. The van der Waals surface area contributed by atoms with Crippen LogP contribution in [0.1, 0.15) is 25.8 Å². The maximum Gasteiger partial charge on any atom is 0.418 e. The molecule has 2 rings (SSSR count). The van der Waals surface area contributed by atoms with E-state index in [1.807, 2.05) is 0 Å². The van der Waals surface area contributed by atoms with Gasteiger partial charge in [-0.1, -0.05) is 11.6 Å². The number of nitrogens with one attached hydrogen (secondary N) is 1. The Morgan fingerprint density at radius 1 is 1.39 bits per heavy atom. The van der Waals surface area contributed by atoms with Crippen LogP contribution in [0.3, 0.4) is 0 Å². The van der Waals surface area contributed by atoms with Gasteiger partial charge in [0.25, 0.3) is 0 Å². The summed E-state index contributed by atoms with van der Waals surface area (Å²) in [5.41, 5.74) is -1.25. The third kappa shape index (κ3) is 3.96. The Kier molecular flexibility index (Phi) is 4.89. The van der Waals surface area contributed by atoms with Crippen LogP contribution in [0.4, 0.5) is 18.9 Å². The van der Waals surface area contributed by atoms with E-state index in [9.17, 15) is 22.8 Å². The minimum absolute atomic E-state index is 0.0678. The fourth-order valence-electron chi connectivity index (χ4n) is 2.49. The topological polar surface area (TPSA) is 49.4 Å². The predicted octanol–water partition coefficient (Wildman–Crippen LogP) is 3.24. The molecule has 1 heterocycles. The number of carbonyl (C=O) groups excluding carboxylic acids is 2. The molecule has 0 aromatic heterocycles. The van der Waals surface area contributed by atoms with Crippen molar-refractivity contribution in [1.82, 2.24) is 5.32 Å². The molecule has 0 radical (unpaired) electrons. The van der Waals surface area contributed by atoms with Crippen molar-refractivity contribution in [2.75, 3.05) is 11.4 Å². The molecule has 1 aliphatic heterocycles. The van der Waals surface area contributed by atoms with Crippen molar-refractivity contribution in [3.8, 4) is 0 Å². The number of amides is 2. The van der Waals surface area contributed by atoms with E-state index in [0.717, 1.165) is 17.0 Å². The van der Waals surface area contributed by atoms with Gasteiger partial charge < -0.3 is 10.2 Å². The molecule has 0 spiro atoms. The highest BCUT2D eigenvalue weighted by Gasteiger charge is 2.41. The first-order chi connectivity index (χ1) is 10.6. The van der Waals surface area contributed by atoms with Crippen LogP contribution < -0.4 is 10.2 Å². The zero-order chi connectivity index (χ0) is 17.4. The lowest BCUT2D eigenvalue weighted by atomic mass is 10.1. The van der Waals surface area contributed by atoms with Crippen LogP contribution in [-0.4, -0.2) is 24.4 Å². The second-order valence-corrected chi connectivity index (χ2v) is 6.16. The van der Waals surface area contributed by atoms with Crippen molar-refractivity contribution in [2.45, 2.75) is 32.5 Å². The van der Waals surface area contributed by atoms with Crippen molar-refractivity contribution in [3.63, 3.8) is 0 Å². The second kappa shape index (κ2) is 6.39. The van der Waals surface area contributed by atoms with Gasteiger partial charge in [0.1, 0.15) is 0 Å². The zero-order valence-electron chi connectivity index (χ0n) is 12.6. The van der Waals surface area contributed by atoms with E-state index in [0.29, 0.717) is 0 Å². The van der Waals surface area contributed by atoms with Crippen LogP contribution in [-0.2, 0) is 15.8 Å². The van der Waals surface area contributed by atoms with Crippen molar-refractivity contribution in [2.24, 2.45) is 5.92 Å². The molecular weight excluding hydrogens is 333 g/mol. The molecule has 126 valence electrons. The fourth-order valence-corrected chi connectivity index (χ4v) is 2.66. The van der Waals surface area contributed by atoms with Crippen LogP contribution in [0.15, 0.2) is 18.2 Å². The molecule has 1 aliphatic rings. The Morgan fingerprint density at radius 2 is 2.04 bits per heavy atom. The molecule has 0 saturated carbocycles. The Bertz CT molecular complexity index is 632. The summed E-state index contributed by atoms with van der Waals surface area (Å²) in [6.07, 6.45) is -4.75. The molecule has 0 aliphatic carbocycles. The summed E-state index contributed by atoms with van der Waals surface area (Å²) in [5, 5.41) is 2.60. The number of hydrogen-bond acceptors (Lipinski definition) is 2. The number of hydrogen-bond donors (Lipinski definition) is 1. The summed E-state index contributed by atoms with van der Waals surface area (Å²) >= 11 is 5.63. The molecular formula is C15H16ClF3N2O2. The first kappa shape index (κ1) is 17.6. The number of anilines is 1. The van der Waals surface area contributed by atoms with Crippen molar-refractivity contribution in [3.05, 3.63) is 28.8 Å². The second-order valence-electron chi connectivity index (χ2n) is 5.73. The summed E-state index contributed by atoms with van der Waals surface area (Å²) in [6, 6.07) is 3.13. The smallest absolute Gasteiger partial charge is 0.354 e. The van der Waals surface area contributed by atoms with Gasteiger partial charge in [0.05, 0.1) is 17.2 Å². The summed E-state index contributed by atoms with van der Waals surface area (Å²) < 4.78 is 39.5. The van der Waals surface area contributed by atoms with Crippen LogP contribution in [0, 0.1) is 5.92 Å². The number of alkyl halides is 3. The summed E-state index contributed by atoms with van der Waals surface area (Å²) in [5.74, 6) is -1.51. The molecule has 0 bridgehead atoms. The maximum absolute atomic E-state index is 13.2. The standard InChI is InChI=1S/C15H16ClF3N2O2/c1-8(2)20-14(23)9-5-13(22)21(7-9)12-4-3-10(16)6-11(12)15(17,18)19/h3-4,6,8-9H,5,7H2,1-2H3,(H,20,23). The van der Waals surface area contributed by atoms with Gasteiger partial charge in [-0.25, -0.2) is 0 Å². The lowest BCUT2D eigenvalue weighted by molar-refractivity contribution is -0.137. The van der Waals surface area contributed by atoms with Gasteiger partial charge >= 0.3 is 6.18 Å². The number of nitrogens with zero attached hydrogens (tertiary/aromatic N) is 1. The maximum atomic E-state index is 13.2. The van der Waals surface area contributed by atoms with Gasteiger partial charge in [-0.15, -0.1) is 0 Å². The molecule has 1 N–H and O–H groups in total. The van der Waals surface area contributed by atoms with Gasteiger partial charge in [0.15, 0.2) is 0 Å². The monoisotopic (exact) mass is 348 g/mol. The van der Waals surface area contributed by atoms with E-state index in [1.54, 1.807) is 13.8 Å². The van der Waals surface area contributed by atoms with Crippen LogP contribution in [0.5, 0.6) is 0 Å². The normalized spacial score (nSPS) is 18.7. The van der Waals surface area contributed by atoms with E-state index in [4.69, 9.17) is 11.6 Å². The molecule has 8 heteroatoms. The quantitative estimate of drug-likeness (QED) is 0.911. The Balaban J connectivity index is 2.30. The minimum atomic E-state index is -4.64. The van der Waals surface area contributed by atoms with E-state index in [1.165, 1.54) is 6.07 Å². The predicted molar refractivity (Wildman–Crippen MR) is 80.2 cm³/mol. The van der Waals surface area contributed by atoms with E-state index in [-0.39, 0.29) is 35.6 Å². The highest BCUT2D eigenvalue weighted by Crippen LogP contribution is 2.40. The Labute approximate surface area is 136 Å². The van der Waals surface area contributed by atoms with Crippen LogP contribution in [0.2, 0.25) is 5.02 Å². The number of carbonyl (C=O) groups is 2. The van der Waals surface area contributed by atoms with Gasteiger partial charge in [0.2, 0.25) is 11.8 Å². The van der Waals surface area contributed by atoms with Crippen molar-refractivity contribution in [1.29, 1.82) is 0 Å². The largest absolute Gasteiger partial charge is 0.418 e. The van der Waals surface area contributed by atoms with Crippen molar-refractivity contribution < 1.29 is 22.8 Å².